The van der Waals surface area contributed by atoms with Gasteiger partial charge in [-0.3, -0.25) is 13.8 Å². The number of unbranched alkanes of at least 4 members (excludes halogenated alkanes) is 29. The van der Waals surface area contributed by atoms with Gasteiger partial charge in [0, 0.05) is 13.0 Å². The van der Waals surface area contributed by atoms with Crippen LogP contribution in [-0.2, 0) is 18.4 Å². The van der Waals surface area contributed by atoms with Crippen molar-refractivity contribution in [3.63, 3.8) is 0 Å². The fourth-order valence-electron chi connectivity index (χ4n) is 6.54. The molecular formula is C42H85N2O6P. The van der Waals surface area contributed by atoms with Gasteiger partial charge in [0.2, 0.25) is 5.91 Å². The Morgan fingerprint density at radius 1 is 0.627 bits per heavy atom. The Balaban J connectivity index is 4.20. The molecule has 0 saturated carbocycles. The second kappa shape index (κ2) is 38.9. The molecule has 1 amide bonds. The van der Waals surface area contributed by atoms with Gasteiger partial charge in [0.05, 0.1) is 25.4 Å². The van der Waals surface area contributed by atoms with E-state index < -0.39 is 20.0 Å². The molecule has 0 rings (SSSR count). The van der Waals surface area contributed by atoms with E-state index >= 15 is 0 Å². The molecular weight excluding hydrogens is 659 g/mol. The van der Waals surface area contributed by atoms with Crippen LogP contribution in [0.25, 0.3) is 0 Å². The predicted octanol–water partition coefficient (Wildman–Crippen LogP) is 12.0. The van der Waals surface area contributed by atoms with Crippen LogP contribution in [-0.4, -0.2) is 47.8 Å². The number of nitrogens with one attached hydrogen (secondary N) is 1. The topological polar surface area (TPSA) is 131 Å². The Hall–Kier alpha value is -0.760. The van der Waals surface area contributed by atoms with Crippen molar-refractivity contribution in [2.45, 2.75) is 231 Å². The average molecular weight is 745 g/mol. The van der Waals surface area contributed by atoms with Gasteiger partial charge < -0.3 is 21.1 Å². The first-order chi connectivity index (χ1) is 24.9. The molecule has 0 radical (unpaired) electrons. The molecule has 51 heavy (non-hydrogen) atoms. The number of carbonyl (C=O) groups excluding carboxylic acids is 1. The van der Waals surface area contributed by atoms with E-state index in [0.29, 0.717) is 6.42 Å². The summed E-state index contributed by atoms with van der Waals surface area (Å²) in [5, 5.41) is 13.7. The molecule has 0 aromatic carbocycles. The minimum absolute atomic E-state index is 0.0813. The maximum absolute atomic E-state index is 12.7. The van der Waals surface area contributed by atoms with Crippen LogP contribution >= 0.6 is 7.82 Å². The van der Waals surface area contributed by atoms with Crippen LogP contribution in [0.4, 0.5) is 0 Å². The van der Waals surface area contributed by atoms with Crippen LogP contribution < -0.4 is 11.1 Å². The summed E-state index contributed by atoms with van der Waals surface area (Å²) in [5.74, 6) is -0.191. The van der Waals surface area contributed by atoms with E-state index in [0.717, 1.165) is 38.5 Å². The van der Waals surface area contributed by atoms with Gasteiger partial charge >= 0.3 is 7.82 Å². The zero-order chi connectivity index (χ0) is 37.5. The van der Waals surface area contributed by atoms with E-state index in [-0.39, 0.29) is 25.7 Å². The monoisotopic (exact) mass is 745 g/mol. The van der Waals surface area contributed by atoms with Crippen LogP contribution in [0.3, 0.4) is 0 Å². The number of amides is 1. The zero-order valence-corrected chi connectivity index (χ0v) is 34.5. The first kappa shape index (κ1) is 50.2. The van der Waals surface area contributed by atoms with E-state index in [2.05, 4.69) is 19.2 Å². The van der Waals surface area contributed by atoms with Gasteiger partial charge in [0.1, 0.15) is 0 Å². The minimum atomic E-state index is -4.33. The summed E-state index contributed by atoms with van der Waals surface area (Å²) >= 11 is 0. The molecule has 0 spiro atoms. The summed E-state index contributed by atoms with van der Waals surface area (Å²) in [4.78, 5) is 22.7. The van der Waals surface area contributed by atoms with Crippen molar-refractivity contribution >= 4 is 13.7 Å². The molecule has 304 valence electrons. The number of phosphoric ester groups is 1. The molecule has 0 aliphatic heterocycles. The van der Waals surface area contributed by atoms with Crippen LogP contribution in [0.2, 0.25) is 0 Å². The lowest BCUT2D eigenvalue weighted by Gasteiger charge is -2.23. The van der Waals surface area contributed by atoms with Gasteiger partial charge in [0.25, 0.3) is 0 Å². The van der Waals surface area contributed by atoms with Gasteiger partial charge in [-0.1, -0.05) is 206 Å². The summed E-state index contributed by atoms with van der Waals surface area (Å²) in [7, 11) is -4.33. The molecule has 9 heteroatoms. The number of hydrogen-bond acceptors (Lipinski definition) is 6. The lowest BCUT2D eigenvalue weighted by molar-refractivity contribution is -0.123. The molecule has 0 heterocycles. The Labute approximate surface area is 315 Å². The molecule has 0 bridgehead atoms. The first-order valence-corrected chi connectivity index (χ1v) is 23.3. The maximum Gasteiger partial charge on any atom is 0.472 e. The molecule has 5 N–H and O–H groups in total. The Kier molecular flexibility index (Phi) is 38.4. The van der Waals surface area contributed by atoms with Crippen molar-refractivity contribution in [3.05, 3.63) is 12.2 Å². The quantitative estimate of drug-likeness (QED) is 0.0278. The van der Waals surface area contributed by atoms with Crippen molar-refractivity contribution < 1.29 is 28.4 Å². The van der Waals surface area contributed by atoms with Gasteiger partial charge in [-0.25, -0.2) is 4.57 Å². The molecule has 0 aliphatic carbocycles. The number of aliphatic hydroxyl groups excluding tert-OH is 1. The van der Waals surface area contributed by atoms with Crippen LogP contribution in [0, 0.1) is 0 Å². The minimum Gasteiger partial charge on any atom is -0.387 e. The number of nitrogens with two attached hydrogens (primary N) is 1. The predicted molar refractivity (Wildman–Crippen MR) is 217 cm³/mol. The van der Waals surface area contributed by atoms with E-state index in [1.807, 2.05) is 6.08 Å². The van der Waals surface area contributed by atoms with Gasteiger partial charge in [0.15, 0.2) is 0 Å². The van der Waals surface area contributed by atoms with Gasteiger partial charge in [-0.2, -0.15) is 0 Å². The molecule has 0 aromatic rings. The summed E-state index contributed by atoms with van der Waals surface area (Å²) in [5.41, 5.74) is 5.37. The first-order valence-electron chi connectivity index (χ1n) is 21.8. The Morgan fingerprint density at radius 2 is 1.00 bits per heavy atom. The fraction of sp³-hybridized carbons (Fsp3) is 0.929. The lowest BCUT2D eigenvalue weighted by Crippen LogP contribution is -2.45. The number of phosphoric acid groups is 1. The smallest absolute Gasteiger partial charge is 0.387 e. The largest absolute Gasteiger partial charge is 0.472 e. The normalized spacial score (nSPS) is 14.2. The highest BCUT2D eigenvalue weighted by atomic mass is 31.2. The van der Waals surface area contributed by atoms with E-state index in [1.165, 1.54) is 161 Å². The highest BCUT2D eigenvalue weighted by Crippen LogP contribution is 2.43. The highest BCUT2D eigenvalue weighted by Gasteiger charge is 2.26. The zero-order valence-electron chi connectivity index (χ0n) is 33.6. The van der Waals surface area contributed by atoms with Crippen molar-refractivity contribution in [1.29, 1.82) is 0 Å². The molecule has 0 aliphatic rings. The third-order valence-corrected chi connectivity index (χ3v) is 10.8. The van der Waals surface area contributed by atoms with Crippen molar-refractivity contribution in [2.75, 3.05) is 19.8 Å². The summed E-state index contributed by atoms with van der Waals surface area (Å²) < 4.78 is 22.1. The van der Waals surface area contributed by atoms with Gasteiger partial charge in [-0.15, -0.1) is 0 Å². The van der Waals surface area contributed by atoms with E-state index in [9.17, 15) is 19.4 Å². The maximum atomic E-state index is 12.7. The second-order valence-electron chi connectivity index (χ2n) is 14.9. The number of aliphatic hydroxyl groups is 1. The summed E-state index contributed by atoms with van der Waals surface area (Å²) in [6.07, 6.45) is 42.5. The second-order valence-corrected chi connectivity index (χ2v) is 16.4. The van der Waals surface area contributed by atoms with Crippen molar-refractivity contribution in [2.24, 2.45) is 5.73 Å². The van der Waals surface area contributed by atoms with Gasteiger partial charge in [-0.05, 0) is 19.3 Å². The highest BCUT2D eigenvalue weighted by molar-refractivity contribution is 7.47. The number of carbonyl (C=O) groups is 1. The van der Waals surface area contributed by atoms with E-state index in [1.54, 1.807) is 6.08 Å². The molecule has 0 aromatic heterocycles. The molecule has 1 unspecified atom stereocenters. The average Bonchev–Trinajstić information content (AvgIpc) is 3.12. The molecule has 8 nitrogen and oxygen atoms in total. The van der Waals surface area contributed by atoms with Crippen molar-refractivity contribution in [3.8, 4) is 0 Å². The number of hydrogen-bond donors (Lipinski definition) is 4. The number of rotatable bonds is 41. The van der Waals surface area contributed by atoms with Crippen LogP contribution in [0.5, 0.6) is 0 Å². The van der Waals surface area contributed by atoms with Crippen molar-refractivity contribution in [1.82, 2.24) is 5.32 Å². The fourth-order valence-corrected chi connectivity index (χ4v) is 7.30. The Bertz CT molecular complexity index is 814. The Morgan fingerprint density at radius 3 is 1.39 bits per heavy atom. The number of allylic oxidation sites excluding steroid dienone is 1. The summed E-state index contributed by atoms with van der Waals surface area (Å²) in [6, 6.07) is -0.854. The molecule has 3 atom stereocenters. The van der Waals surface area contributed by atoms with Crippen LogP contribution in [0.15, 0.2) is 12.2 Å². The third-order valence-electron chi connectivity index (χ3n) is 9.86. The summed E-state index contributed by atoms with van der Waals surface area (Å²) in [6.45, 7) is 4.16. The van der Waals surface area contributed by atoms with E-state index in [4.69, 9.17) is 14.8 Å². The SMILES string of the molecule is CCCCCCCCCCCCCCCCC/C=C/[C@@H](O)[C@H](COP(=O)(O)OCCN)NC(=O)CCCCCCCCCCCCCCCCC. The standard InChI is InChI=1S/C42H85N2O6P/c1-3-5-7-9-11-13-15-17-19-20-22-23-25-27-29-31-33-35-41(45)40(39-50-51(47,48)49-38-37-43)44-42(46)36-34-32-30-28-26-24-21-18-16-14-12-10-8-6-4-2/h33,35,40-41,45H,3-32,34,36-39,43H2,1-2H3,(H,44,46)(H,47,48)/b35-33+/t40-,41+/m0/s1. The third kappa shape index (κ3) is 37.4. The van der Waals surface area contributed by atoms with Crippen LogP contribution in [0.1, 0.15) is 219 Å². The lowest BCUT2D eigenvalue weighted by atomic mass is 10.0. The molecule has 0 fully saturated rings. The molecule has 0 saturated heterocycles.